The molecule has 190 valence electrons. The number of aromatic nitrogens is 3. The molecule has 4 aromatic rings. The normalized spacial score (nSPS) is 11.7. The SMILES string of the molecule is CCc1ccc(/C=N\NC(=O)CSc2nnc(-c3ccc(C(C)(C)C)cc3)n2-c2ccc(C)cc2)cc1. The molecule has 0 aliphatic heterocycles. The smallest absolute Gasteiger partial charge is 0.250 e. The van der Waals surface area contributed by atoms with Gasteiger partial charge in [-0.15, -0.1) is 10.2 Å². The summed E-state index contributed by atoms with van der Waals surface area (Å²) in [6.45, 7) is 10.8. The van der Waals surface area contributed by atoms with Gasteiger partial charge in [-0.05, 0) is 47.6 Å². The number of nitrogens with zero attached hydrogens (tertiary/aromatic N) is 4. The topological polar surface area (TPSA) is 72.2 Å². The van der Waals surface area contributed by atoms with Crippen LogP contribution in [0.3, 0.4) is 0 Å². The predicted octanol–water partition coefficient (Wildman–Crippen LogP) is 6.35. The zero-order chi connectivity index (χ0) is 26.4. The molecule has 6 nitrogen and oxygen atoms in total. The lowest BCUT2D eigenvalue weighted by atomic mass is 9.87. The van der Waals surface area contributed by atoms with Gasteiger partial charge in [0.15, 0.2) is 11.0 Å². The van der Waals surface area contributed by atoms with Crippen LogP contribution in [0.2, 0.25) is 0 Å². The Kier molecular flexibility index (Phi) is 8.24. The van der Waals surface area contributed by atoms with E-state index in [-0.39, 0.29) is 17.1 Å². The molecule has 7 heteroatoms. The van der Waals surface area contributed by atoms with Crippen LogP contribution >= 0.6 is 11.8 Å². The van der Waals surface area contributed by atoms with Crippen LogP contribution in [0.1, 0.15) is 49.9 Å². The molecule has 37 heavy (non-hydrogen) atoms. The second-order valence-electron chi connectivity index (χ2n) is 9.98. The van der Waals surface area contributed by atoms with Crippen molar-refractivity contribution in [3.63, 3.8) is 0 Å². The molecule has 3 aromatic carbocycles. The number of aryl methyl sites for hydroxylation is 2. The van der Waals surface area contributed by atoms with Crippen molar-refractivity contribution >= 4 is 23.9 Å². The van der Waals surface area contributed by atoms with Gasteiger partial charge in [-0.3, -0.25) is 9.36 Å². The first-order valence-electron chi connectivity index (χ1n) is 12.4. The molecule has 0 aliphatic carbocycles. The zero-order valence-electron chi connectivity index (χ0n) is 22.0. The Hall–Kier alpha value is -3.71. The van der Waals surface area contributed by atoms with Crippen molar-refractivity contribution in [2.75, 3.05) is 5.75 Å². The Balaban J connectivity index is 1.51. The average Bonchev–Trinajstić information content (AvgIpc) is 3.32. The Bertz CT molecular complexity index is 1370. The number of hydrogen-bond acceptors (Lipinski definition) is 5. The monoisotopic (exact) mass is 511 g/mol. The highest BCUT2D eigenvalue weighted by atomic mass is 32.2. The molecule has 0 atom stereocenters. The third-order valence-corrected chi connectivity index (χ3v) is 6.99. The number of hydrazone groups is 1. The maximum Gasteiger partial charge on any atom is 0.250 e. The Morgan fingerprint density at radius 2 is 1.65 bits per heavy atom. The molecular weight excluding hydrogens is 478 g/mol. The number of carbonyl (C=O) groups excluding carboxylic acids is 1. The molecule has 1 amide bonds. The van der Waals surface area contributed by atoms with Gasteiger partial charge in [0.25, 0.3) is 5.91 Å². The summed E-state index contributed by atoms with van der Waals surface area (Å²) in [5.41, 5.74) is 9.22. The second-order valence-corrected chi connectivity index (χ2v) is 10.9. The third kappa shape index (κ3) is 6.74. The predicted molar refractivity (Wildman–Crippen MR) is 153 cm³/mol. The van der Waals surface area contributed by atoms with E-state index in [9.17, 15) is 4.79 Å². The van der Waals surface area contributed by atoms with Crippen LogP contribution in [0, 0.1) is 6.92 Å². The van der Waals surface area contributed by atoms with Gasteiger partial charge in [0.05, 0.1) is 12.0 Å². The zero-order valence-corrected chi connectivity index (χ0v) is 22.8. The molecule has 0 saturated carbocycles. The minimum Gasteiger partial charge on any atom is -0.272 e. The maximum absolute atomic E-state index is 12.5. The molecule has 0 unspecified atom stereocenters. The first kappa shape index (κ1) is 26.4. The number of hydrogen-bond donors (Lipinski definition) is 1. The van der Waals surface area contributed by atoms with Crippen molar-refractivity contribution < 1.29 is 4.79 Å². The van der Waals surface area contributed by atoms with E-state index >= 15 is 0 Å². The molecule has 0 aliphatic rings. The van der Waals surface area contributed by atoms with Gasteiger partial charge in [0, 0.05) is 11.3 Å². The minimum absolute atomic E-state index is 0.0684. The van der Waals surface area contributed by atoms with E-state index < -0.39 is 0 Å². The quantitative estimate of drug-likeness (QED) is 0.170. The van der Waals surface area contributed by atoms with Gasteiger partial charge in [0.1, 0.15) is 0 Å². The van der Waals surface area contributed by atoms with Gasteiger partial charge in [-0.25, -0.2) is 5.43 Å². The summed E-state index contributed by atoms with van der Waals surface area (Å²) in [5.74, 6) is 0.695. The Morgan fingerprint density at radius 3 is 2.27 bits per heavy atom. The van der Waals surface area contributed by atoms with E-state index in [4.69, 9.17) is 0 Å². The minimum atomic E-state index is -0.207. The molecule has 0 saturated heterocycles. The molecule has 0 bridgehead atoms. The van der Waals surface area contributed by atoms with Gasteiger partial charge in [-0.1, -0.05) is 106 Å². The second kappa shape index (κ2) is 11.6. The third-order valence-electron chi connectivity index (χ3n) is 6.06. The van der Waals surface area contributed by atoms with Crippen molar-refractivity contribution in [3.05, 3.63) is 95.1 Å². The van der Waals surface area contributed by atoms with Crippen LogP contribution < -0.4 is 5.43 Å². The summed E-state index contributed by atoms with van der Waals surface area (Å²) in [4.78, 5) is 12.5. The highest BCUT2D eigenvalue weighted by Crippen LogP contribution is 2.30. The fourth-order valence-electron chi connectivity index (χ4n) is 3.78. The van der Waals surface area contributed by atoms with E-state index in [0.717, 1.165) is 29.1 Å². The van der Waals surface area contributed by atoms with Gasteiger partial charge >= 0.3 is 0 Å². The molecule has 1 N–H and O–H groups in total. The van der Waals surface area contributed by atoms with E-state index in [1.54, 1.807) is 6.21 Å². The first-order valence-corrected chi connectivity index (χ1v) is 13.4. The van der Waals surface area contributed by atoms with Crippen molar-refractivity contribution in [2.24, 2.45) is 5.10 Å². The summed E-state index contributed by atoms with van der Waals surface area (Å²) in [6.07, 6.45) is 2.64. The highest BCUT2D eigenvalue weighted by molar-refractivity contribution is 7.99. The summed E-state index contributed by atoms with van der Waals surface area (Å²) in [7, 11) is 0. The van der Waals surface area contributed by atoms with Crippen LogP contribution in [0.5, 0.6) is 0 Å². The van der Waals surface area contributed by atoms with Crippen molar-refractivity contribution in [1.29, 1.82) is 0 Å². The van der Waals surface area contributed by atoms with Gasteiger partial charge in [0.2, 0.25) is 0 Å². The van der Waals surface area contributed by atoms with E-state index in [1.165, 1.54) is 28.5 Å². The molecule has 0 fully saturated rings. The van der Waals surface area contributed by atoms with Crippen molar-refractivity contribution in [1.82, 2.24) is 20.2 Å². The van der Waals surface area contributed by atoms with Crippen molar-refractivity contribution in [2.45, 2.75) is 51.6 Å². The largest absolute Gasteiger partial charge is 0.272 e. The Labute approximate surface area is 223 Å². The lowest BCUT2D eigenvalue weighted by molar-refractivity contribution is -0.118. The number of carbonyl (C=O) groups is 1. The summed E-state index contributed by atoms with van der Waals surface area (Å²) in [5, 5.41) is 13.7. The fraction of sp³-hybridized carbons (Fsp3) is 0.267. The van der Waals surface area contributed by atoms with Crippen LogP contribution in [0.4, 0.5) is 0 Å². The summed E-state index contributed by atoms with van der Waals surface area (Å²) < 4.78 is 2.00. The van der Waals surface area contributed by atoms with Crippen LogP contribution in [-0.4, -0.2) is 32.6 Å². The first-order chi connectivity index (χ1) is 17.7. The lowest BCUT2D eigenvalue weighted by Crippen LogP contribution is -2.20. The van der Waals surface area contributed by atoms with Crippen molar-refractivity contribution in [3.8, 4) is 17.1 Å². The summed E-state index contributed by atoms with van der Waals surface area (Å²) >= 11 is 1.33. The van der Waals surface area contributed by atoms with Gasteiger partial charge < -0.3 is 0 Å². The Morgan fingerprint density at radius 1 is 0.973 bits per heavy atom. The van der Waals surface area contributed by atoms with Gasteiger partial charge in [-0.2, -0.15) is 5.10 Å². The van der Waals surface area contributed by atoms with Crippen LogP contribution in [-0.2, 0) is 16.6 Å². The van der Waals surface area contributed by atoms with Crippen LogP contribution in [0.15, 0.2) is 83.1 Å². The standard InChI is InChI=1S/C30H33N5OS/c1-6-22-9-11-23(12-10-22)19-31-32-27(36)20-37-29-34-33-28(35(29)26-17-7-21(2)8-18-26)24-13-15-25(16-14-24)30(3,4)5/h7-19H,6,20H2,1-5H3,(H,32,36)/b31-19-. The molecule has 4 rings (SSSR count). The molecule has 0 spiro atoms. The molecule has 1 heterocycles. The molecular formula is C30H33N5OS. The van der Waals surface area contributed by atoms with E-state index in [0.29, 0.717) is 5.16 Å². The maximum atomic E-state index is 12.5. The van der Waals surface area contributed by atoms with E-state index in [2.05, 4.69) is 104 Å². The fourth-order valence-corrected chi connectivity index (χ4v) is 4.52. The number of nitrogens with one attached hydrogen (secondary N) is 1. The number of benzene rings is 3. The van der Waals surface area contributed by atoms with Crippen LogP contribution in [0.25, 0.3) is 17.1 Å². The number of amides is 1. The molecule has 1 aromatic heterocycles. The van der Waals surface area contributed by atoms with E-state index in [1.807, 2.05) is 28.8 Å². The number of thioether (sulfide) groups is 1. The lowest BCUT2D eigenvalue weighted by Gasteiger charge is -2.19. The average molecular weight is 512 g/mol. The number of rotatable bonds is 8. The molecule has 0 radical (unpaired) electrons. The summed E-state index contributed by atoms with van der Waals surface area (Å²) in [6, 6.07) is 24.7. The highest BCUT2D eigenvalue weighted by Gasteiger charge is 2.19.